The average Bonchev–Trinajstić information content (AvgIpc) is 2.96. The lowest BCUT2D eigenvalue weighted by atomic mass is 10.0. The molecule has 7 nitrogen and oxygen atoms in total. The predicted octanol–water partition coefficient (Wildman–Crippen LogP) is 4.28. The van der Waals surface area contributed by atoms with Gasteiger partial charge in [0, 0.05) is 12.8 Å². The molecule has 1 aliphatic rings. The van der Waals surface area contributed by atoms with Gasteiger partial charge in [0.2, 0.25) is 5.76 Å². The molecule has 2 unspecified atom stereocenters. The van der Waals surface area contributed by atoms with Crippen molar-refractivity contribution in [3.63, 3.8) is 0 Å². The molecule has 0 aromatic heterocycles. The maximum absolute atomic E-state index is 11.8. The van der Waals surface area contributed by atoms with Crippen molar-refractivity contribution >= 4 is 11.8 Å². The third-order valence-electron chi connectivity index (χ3n) is 5.16. The lowest BCUT2D eigenvalue weighted by Crippen LogP contribution is -2.33. The molecule has 0 radical (unpaired) electrons. The SMILES string of the molecule is CCCCCCCCCCCCCC(=O)CCOCC(O)C1OC(=O)C(O)=C1O. The van der Waals surface area contributed by atoms with E-state index < -0.39 is 29.7 Å². The molecule has 7 heteroatoms. The Labute approximate surface area is 174 Å². The number of cyclic esters (lactones) is 1. The van der Waals surface area contributed by atoms with E-state index >= 15 is 0 Å². The van der Waals surface area contributed by atoms with Crippen LogP contribution < -0.4 is 0 Å². The number of Topliss-reactive ketones (excluding diaryl/α,β-unsaturated/α-hetero) is 1. The Morgan fingerprint density at radius 3 is 2.03 bits per heavy atom. The number of unbranched alkanes of at least 4 members (excludes halogenated alkanes) is 10. The van der Waals surface area contributed by atoms with Crippen molar-refractivity contribution in [3.8, 4) is 0 Å². The van der Waals surface area contributed by atoms with Crippen molar-refractivity contribution in [1.29, 1.82) is 0 Å². The Hall–Kier alpha value is -1.60. The second-order valence-corrected chi connectivity index (χ2v) is 7.78. The van der Waals surface area contributed by atoms with Crippen LogP contribution in [0.25, 0.3) is 0 Å². The number of ketones is 1. The molecule has 0 spiro atoms. The van der Waals surface area contributed by atoms with Crippen LogP contribution in [-0.2, 0) is 19.1 Å². The fraction of sp³-hybridized carbons (Fsp3) is 0.818. The summed E-state index contributed by atoms with van der Waals surface area (Å²) in [6.07, 6.45) is 11.9. The number of rotatable bonds is 18. The molecule has 29 heavy (non-hydrogen) atoms. The number of hydrogen-bond donors (Lipinski definition) is 3. The number of carbonyl (C=O) groups excluding carboxylic acids is 2. The zero-order valence-electron chi connectivity index (χ0n) is 17.7. The minimum atomic E-state index is -1.32. The lowest BCUT2D eigenvalue weighted by Gasteiger charge is -2.17. The van der Waals surface area contributed by atoms with Crippen LogP contribution in [-0.4, -0.2) is 52.5 Å². The first-order valence-electron chi connectivity index (χ1n) is 11.1. The number of ether oxygens (including phenoxy) is 2. The second kappa shape index (κ2) is 15.3. The molecular formula is C22H38O7. The smallest absolute Gasteiger partial charge is 0.377 e. The minimum Gasteiger partial charge on any atom is -0.505 e. The van der Waals surface area contributed by atoms with Crippen LogP contribution in [0, 0.1) is 0 Å². The van der Waals surface area contributed by atoms with E-state index in [1.54, 1.807) is 0 Å². The summed E-state index contributed by atoms with van der Waals surface area (Å²) < 4.78 is 9.86. The summed E-state index contributed by atoms with van der Waals surface area (Å²) in [5.74, 6) is -2.54. The molecule has 0 fully saturated rings. The normalized spacial score (nSPS) is 17.6. The van der Waals surface area contributed by atoms with Crippen molar-refractivity contribution in [1.82, 2.24) is 0 Å². The van der Waals surface area contributed by atoms with E-state index in [1.807, 2.05) is 0 Å². The van der Waals surface area contributed by atoms with Crippen LogP contribution >= 0.6 is 0 Å². The highest BCUT2D eigenvalue weighted by Crippen LogP contribution is 2.21. The molecule has 1 heterocycles. The Kier molecular flexibility index (Phi) is 13.4. The standard InChI is InChI=1S/C22H38O7/c1-2-3-4-5-6-7-8-9-10-11-12-13-17(23)14-15-28-16-18(24)21-19(25)20(26)22(27)29-21/h18,21,24-26H,2-16H2,1H3. The molecule has 168 valence electrons. The van der Waals surface area contributed by atoms with Gasteiger partial charge in [0.1, 0.15) is 11.9 Å². The zero-order chi connectivity index (χ0) is 21.5. The van der Waals surface area contributed by atoms with E-state index in [-0.39, 0.29) is 25.4 Å². The van der Waals surface area contributed by atoms with E-state index in [9.17, 15) is 24.9 Å². The van der Waals surface area contributed by atoms with Gasteiger partial charge in [-0.25, -0.2) is 4.79 Å². The first kappa shape index (κ1) is 25.4. The molecule has 0 aromatic rings. The summed E-state index contributed by atoms with van der Waals surface area (Å²) in [7, 11) is 0. The summed E-state index contributed by atoms with van der Waals surface area (Å²) >= 11 is 0. The third kappa shape index (κ3) is 10.7. The predicted molar refractivity (Wildman–Crippen MR) is 110 cm³/mol. The van der Waals surface area contributed by atoms with Crippen LogP contribution in [0.3, 0.4) is 0 Å². The molecule has 1 aliphatic heterocycles. The number of aliphatic hydroxyl groups is 3. The summed E-state index contributed by atoms with van der Waals surface area (Å²) in [6.45, 7) is 2.18. The number of hydrogen-bond acceptors (Lipinski definition) is 7. The Morgan fingerprint density at radius 1 is 0.966 bits per heavy atom. The van der Waals surface area contributed by atoms with Gasteiger partial charge in [0.05, 0.1) is 13.2 Å². The van der Waals surface area contributed by atoms with Gasteiger partial charge >= 0.3 is 5.97 Å². The van der Waals surface area contributed by atoms with E-state index in [0.29, 0.717) is 6.42 Å². The summed E-state index contributed by atoms with van der Waals surface area (Å²) in [6, 6.07) is 0. The van der Waals surface area contributed by atoms with Crippen molar-refractivity contribution < 1.29 is 34.4 Å². The number of esters is 1. The highest BCUT2D eigenvalue weighted by Gasteiger charge is 2.39. The van der Waals surface area contributed by atoms with E-state index in [2.05, 4.69) is 11.7 Å². The molecule has 0 saturated carbocycles. The molecule has 3 N–H and O–H groups in total. The van der Waals surface area contributed by atoms with Gasteiger partial charge in [-0.3, -0.25) is 4.79 Å². The number of aliphatic hydroxyl groups excluding tert-OH is 3. The van der Waals surface area contributed by atoms with Crippen LogP contribution in [0.2, 0.25) is 0 Å². The van der Waals surface area contributed by atoms with Crippen LogP contribution in [0.1, 0.15) is 90.4 Å². The molecule has 0 saturated heterocycles. The Bertz CT molecular complexity index is 515. The van der Waals surface area contributed by atoms with Crippen molar-refractivity contribution in [2.45, 2.75) is 103 Å². The zero-order valence-corrected chi connectivity index (χ0v) is 17.7. The van der Waals surface area contributed by atoms with Crippen LogP contribution in [0.15, 0.2) is 11.5 Å². The fourth-order valence-electron chi connectivity index (χ4n) is 3.32. The van der Waals surface area contributed by atoms with Gasteiger partial charge < -0.3 is 24.8 Å². The van der Waals surface area contributed by atoms with Gasteiger partial charge in [0.15, 0.2) is 11.9 Å². The molecule has 1 rings (SSSR count). The summed E-state index contributed by atoms with van der Waals surface area (Å²) in [5.41, 5.74) is 0. The fourth-order valence-corrected chi connectivity index (χ4v) is 3.32. The molecule has 0 bridgehead atoms. The van der Waals surface area contributed by atoms with Crippen molar-refractivity contribution in [2.24, 2.45) is 0 Å². The minimum absolute atomic E-state index is 0.128. The molecular weight excluding hydrogens is 376 g/mol. The topological polar surface area (TPSA) is 113 Å². The van der Waals surface area contributed by atoms with Gasteiger partial charge in [-0.15, -0.1) is 0 Å². The van der Waals surface area contributed by atoms with Crippen LogP contribution in [0.4, 0.5) is 0 Å². The number of carbonyl (C=O) groups is 2. The molecule has 0 aliphatic carbocycles. The highest BCUT2D eigenvalue weighted by atomic mass is 16.6. The van der Waals surface area contributed by atoms with E-state index in [1.165, 1.54) is 57.8 Å². The lowest BCUT2D eigenvalue weighted by molar-refractivity contribution is -0.148. The van der Waals surface area contributed by atoms with E-state index in [4.69, 9.17) is 4.74 Å². The molecule has 0 amide bonds. The third-order valence-corrected chi connectivity index (χ3v) is 5.16. The summed E-state index contributed by atoms with van der Waals surface area (Å²) in [5, 5.41) is 28.5. The average molecular weight is 415 g/mol. The van der Waals surface area contributed by atoms with E-state index in [0.717, 1.165) is 12.8 Å². The van der Waals surface area contributed by atoms with Gasteiger partial charge in [0.25, 0.3) is 0 Å². The molecule has 0 aromatic carbocycles. The monoisotopic (exact) mass is 414 g/mol. The quantitative estimate of drug-likeness (QED) is 0.227. The van der Waals surface area contributed by atoms with Crippen LogP contribution in [0.5, 0.6) is 0 Å². The largest absolute Gasteiger partial charge is 0.505 e. The second-order valence-electron chi connectivity index (χ2n) is 7.78. The maximum Gasteiger partial charge on any atom is 0.377 e. The van der Waals surface area contributed by atoms with Gasteiger partial charge in [-0.1, -0.05) is 71.1 Å². The van der Waals surface area contributed by atoms with Crippen molar-refractivity contribution in [2.75, 3.05) is 13.2 Å². The summed E-state index contributed by atoms with van der Waals surface area (Å²) in [4.78, 5) is 22.9. The Morgan fingerprint density at radius 2 is 1.52 bits per heavy atom. The maximum atomic E-state index is 11.8. The van der Waals surface area contributed by atoms with Gasteiger partial charge in [-0.2, -0.15) is 0 Å². The first-order chi connectivity index (χ1) is 14.0. The van der Waals surface area contributed by atoms with Gasteiger partial charge in [-0.05, 0) is 6.42 Å². The first-order valence-corrected chi connectivity index (χ1v) is 11.1. The molecule has 2 atom stereocenters. The van der Waals surface area contributed by atoms with Crippen molar-refractivity contribution in [3.05, 3.63) is 11.5 Å². The highest BCUT2D eigenvalue weighted by molar-refractivity contribution is 5.89. The Balaban J connectivity index is 1.93.